The summed E-state index contributed by atoms with van der Waals surface area (Å²) >= 11 is 0. The monoisotopic (exact) mass is 396 g/mol. The molecule has 0 bridgehead atoms. The number of benzene rings is 1. The van der Waals surface area contributed by atoms with Gasteiger partial charge in [-0.3, -0.25) is 14.2 Å². The molecule has 0 atom stereocenters. The smallest absolute Gasteiger partial charge is 0.266 e. The van der Waals surface area contributed by atoms with Crippen LogP contribution in [0, 0.1) is 0 Å². The molecule has 3 heterocycles. The van der Waals surface area contributed by atoms with Crippen LogP contribution in [0.15, 0.2) is 46.2 Å². The summed E-state index contributed by atoms with van der Waals surface area (Å²) in [6.07, 6.45) is 1.58. The molecule has 1 aliphatic rings. The van der Waals surface area contributed by atoms with Crippen molar-refractivity contribution >= 4 is 22.4 Å². The molecule has 29 heavy (non-hydrogen) atoms. The van der Waals surface area contributed by atoms with Gasteiger partial charge in [0, 0.05) is 52.1 Å². The first kappa shape index (κ1) is 19.1. The van der Waals surface area contributed by atoms with Gasteiger partial charge in [0.15, 0.2) is 0 Å². The summed E-state index contributed by atoms with van der Waals surface area (Å²) in [7, 11) is 3.27. The summed E-state index contributed by atoms with van der Waals surface area (Å²) in [6.45, 7) is 4.20. The van der Waals surface area contributed by atoms with E-state index in [1.54, 1.807) is 37.2 Å². The summed E-state index contributed by atoms with van der Waals surface area (Å²) in [5, 5.41) is 4.94. The maximum atomic E-state index is 12.6. The third-order valence-corrected chi connectivity index (χ3v) is 5.26. The zero-order valence-electron chi connectivity index (χ0n) is 16.6. The van der Waals surface area contributed by atoms with Crippen LogP contribution in [0.25, 0.3) is 10.9 Å². The quantitative estimate of drug-likeness (QED) is 0.619. The Morgan fingerprint density at radius 3 is 2.52 bits per heavy atom. The van der Waals surface area contributed by atoms with Crippen LogP contribution in [-0.2, 0) is 18.3 Å². The molecule has 0 spiro atoms. The number of hydrogen-bond acceptors (Lipinski definition) is 7. The van der Waals surface area contributed by atoms with E-state index >= 15 is 0 Å². The highest BCUT2D eigenvalue weighted by Gasteiger charge is 2.19. The molecule has 9 heteroatoms. The Kier molecular flexibility index (Phi) is 5.30. The molecule has 9 nitrogen and oxygen atoms in total. The number of aryl methyl sites for hydroxylation is 1. The average Bonchev–Trinajstić information content (AvgIpc) is 2.75. The standard InChI is InChI=1S/C20H24N6O3/c1-23-19(27)6-5-18(22-23)25-9-7-24(8-10-25)15-3-4-16-17(13-15)21-14-26(20(16)28)11-12-29-2/h3-6,13-14H,7-12H2,1-2H3. The first-order chi connectivity index (χ1) is 14.1. The molecule has 1 aliphatic heterocycles. The molecule has 1 aromatic carbocycles. The molecular formula is C20H24N6O3. The highest BCUT2D eigenvalue weighted by Crippen LogP contribution is 2.21. The van der Waals surface area contributed by atoms with E-state index in [1.807, 2.05) is 18.2 Å². The van der Waals surface area contributed by atoms with Gasteiger partial charge in [-0.1, -0.05) is 0 Å². The largest absolute Gasteiger partial charge is 0.383 e. The molecule has 1 fully saturated rings. The van der Waals surface area contributed by atoms with Crippen LogP contribution < -0.4 is 20.9 Å². The Balaban J connectivity index is 1.50. The Morgan fingerprint density at radius 1 is 1.03 bits per heavy atom. The van der Waals surface area contributed by atoms with Crippen LogP contribution in [0.2, 0.25) is 0 Å². The number of aromatic nitrogens is 4. The van der Waals surface area contributed by atoms with Crippen LogP contribution in [0.3, 0.4) is 0 Å². The van der Waals surface area contributed by atoms with Gasteiger partial charge in [0.25, 0.3) is 11.1 Å². The van der Waals surface area contributed by atoms with Crippen molar-refractivity contribution in [2.45, 2.75) is 6.54 Å². The number of fused-ring (bicyclic) bond motifs is 1. The van der Waals surface area contributed by atoms with Crippen molar-refractivity contribution in [3.8, 4) is 0 Å². The van der Waals surface area contributed by atoms with Crippen LogP contribution in [0.1, 0.15) is 0 Å². The Labute approximate surface area is 167 Å². The first-order valence-electron chi connectivity index (χ1n) is 9.59. The Hall–Kier alpha value is -3.20. The number of anilines is 2. The normalized spacial score (nSPS) is 14.6. The molecule has 2 aromatic heterocycles. The third kappa shape index (κ3) is 3.86. The van der Waals surface area contributed by atoms with Gasteiger partial charge in [-0.15, -0.1) is 0 Å². The van der Waals surface area contributed by atoms with Crippen molar-refractivity contribution in [3.05, 3.63) is 57.4 Å². The van der Waals surface area contributed by atoms with Crippen molar-refractivity contribution in [2.24, 2.45) is 7.05 Å². The van der Waals surface area contributed by atoms with Crippen LogP contribution >= 0.6 is 0 Å². The molecule has 0 unspecified atom stereocenters. The predicted octanol–water partition coefficient (Wildman–Crippen LogP) is 0.463. The van der Waals surface area contributed by atoms with E-state index in [0.29, 0.717) is 24.1 Å². The SMILES string of the molecule is COCCn1cnc2cc(N3CCN(c4ccc(=O)n(C)n4)CC3)ccc2c1=O. The minimum absolute atomic E-state index is 0.0517. The fourth-order valence-electron chi connectivity index (χ4n) is 3.54. The van der Waals surface area contributed by atoms with Gasteiger partial charge in [0.1, 0.15) is 5.82 Å². The van der Waals surface area contributed by atoms with Crippen molar-refractivity contribution < 1.29 is 4.74 Å². The van der Waals surface area contributed by atoms with Gasteiger partial charge in [-0.05, 0) is 24.3 Å². The highest BCUT2D eigenvalue weighted by molar-refractivity contribution is 5.81. The van der Waals surface area contributed by atoms with E-state index in [9.17, 15) is 9.59 Å². The maximum absolute atomic E-state index is 12.6. The summed E-state index contributed by atoms with van der Waals surface area (Å²) in [4.78, 5) is 33.0. The zero-order valence-corrected chi connectivity index (χ0v) is 16.6. The molecular weight excluding hydrogens is 372 g/mol. The van der Waals surface area contributed by atoms with E-state index in [2.05, 4.69) is 19.9 Å². The van der Waals surface area contributed by atoms with Gasteiger partial charge >= 0.3 is 0 Å². The van der Waals surface area contributed by atoms with E-state index < -0.39 is 0 Å². The molecule has 0 aliphatic carbocycles. The molecule has 0 amide bonds. The van der Waals surface area contributed by atoms with Gasteiger partial charge in [0.05, 0.1) is 30.4 Å². The molecule has 0 saturated carbocycles. The highest BCUT2D eigenvalue weighted by atomic mass is 16.5. The van der Waals surface area contributed by atoms with Gasteiger partial charge in [-0.25, -0.2) is 9.67 Å². The molecule has 152 valence electrons. The van der Waals surface area contributed by atoms with Gasteiger partial charge in [-0.2, -0.15) is 5.10 Å². The minimum atomic E-state index is -0.114. The Morgan fingerprint density at radius 2 is 1.79 bits per heavy atom. The number of nitrogens with zero attached hydrogens (tertiary/aromatic N) is 6. The van der Waals surface area contributed by atoms with Crippen molar-refractivity contribution in [1.82, 2.24) is 19.3 Å². The van der Waals surface area contributed by atoms with Crippen molar-refractivity contribution in [2.75, 3.05) is 49.7 Å². The lowest BCUT2D eigenvalue weighted by Gasteiger charge is -2.36. The number of rotatable bonds is 5. The van der Waals surface area contributed by atoms with E-state index in [-0.39, 0.29) is 11.1 Å². The fraction of sp³-hybridized carbons (Fsp3) is 0.400. The van der Waals surface area contributed by atoms with Gasteiger partial charge in [0.2, 0.25) is 0 Å². The van der Waals surface area contributed by atoms with E-state index in [4.69, 9.17) is 4.74 Å². The average molecular weight is 396 g/mol. The number of piperazine rings is 1. The summed E-state index contributed by atoms with van der Waals surface area (Å²) < 4.78 is 7.98. The zero-order chi connectivity index (χ0) is 20.4. The van der Waals surface area contributed by atoms with Crippen molar-refractivity contribution in [1.29, 1.82) is 0 Å². The molecule has 4 rings (SSSR count). The fourth-order valence-corrected chi connectivity index (χ4v) is 3.54. The topological polar surface area (TPSA) is 85.5 Å². The number of hydrogen-bond donors (Lipinski definition) is 0. The third-order valence-electron chi connectivity index (χ3n) is 5.26. The van der Waals surface area contributed by atoms with Crippen LogP contribution in [0.5, 0.6) is 0 Å². The first-order valence-corrected chi connectivity index (χ1v) is 9.59. The summed E-state index contributed by atoms with van der Waals surface area (Å²) in [6, 6.07) is 9.11. The molecule has 3 aromatic rings. The van der Waals surface area contributed by atoms with Crippen LogP contribution in [-0.4, -0.2) is 59.2 Å². The lowest BCUT2D eigenvalue weighted by molar-refractivity contribution is 0.186. The molecule has 1 saturated heterocycles. The Bertz CT molecular complexity index is 1130. The minimum Gasteiger partial charge on any atom is -0.383 e. The maximum Gasteiger partial charge on any atom is 0.266 e. The summed E-state index contributed by atoms with van der Waals surface area (Å²) in [5.41, 5.74) is 1.58. The molecule has 0 N–H and O–H groups in total. The second-order valence-corrected chi connectivity index (χ2v) is 7.06. The molecule has 0 radical (unpaired) electrons. The van der Waals surface area contributed by atoms with Gasteiger partial charge < -0.3 is 14.5 Å². The second kappa shape index (κ2) is 8.04. The number of ether oxygens (including phenoxy) is 1. The van der Waals surface area contributed by atoms with Crippen LogP contribution in [0.4, 0.5) is 11.5 Å². The predicted molar refractivity (Wildman–Crippen MR) is 112 cm³/mol. The second-order valence-electron chi connectivity index (χ2n) is 7.06. The lowest BCUT2D eigenvalue weighted by Crippen LogP contribution is -2.47. The lowest BCUT2D eigenvalue weighted by atomic mass is 10.2. The van der Waals surface area contributed by atoms with E-state index in [1.165, 1.54) is 4.68 Å². The summed E-state index contributed by atoms with van der Waals surface area (Å²) in [5.74, 6) is 0.809. The van der Waals surface area contributed by atoms with E-state index in [0.717, 1.165) is 37.7 Å². The number of methoxy groups -OCH3 is 1. The van der Waals surface area contributed by atoms with Crippen molar-refractivity contribution in [3.63, 3.8) is 0 Å².